The first-order chi connectivity index (χ1) is 7.40. The normalized spacial score (nSPS) is 10.2. The smallest absolute Gasteiger partial charge is 0.313 e. The Morgan fingerprint density at radius 2 is 2.00 bits per heavy atom. The molecular weight excluding hydrogens is 210 g/mol. The van der Waals surface area contributed by atoms with E-state index in [4.69, 9.17) is 4.74 Å². The maximum atomic E-state index is 11.3. The predicted molar refractivity (Wildman–Crippen MR) is 58.3 cm³/mol. The number of carbonyl (C=O) groups is 1. The Bertz CT molecular complexity index is 426. The summed E-state index contributed by atoms with van der Waals surface area (Å²) in [6.07, 6.45) is 0. The van der Waals surface area contributed by atoms with E-state index in [-0.39, 0.29) is 17.4 Å². The molecule has 0 spiro atoms. The van der Waals surface area contributed by atoms with Crippen LogP contribution in [-0.4, -0.2) is 10.9 Å². The highest BCUT2D eigenvalue weighted by Gasteiger charge is 2.13. The molecule has 16 heavy (non-hydrogen) atoms. The number of nitrogens with zero attached hydrogens (tertiary/aromatic N) is 1. The van der Waals surface area contributed by atoms with Crippen molar-refractivity contribution in [3.63, 3.8) is 0 Å². The number of aryl methyl sites for hydroxylation is 1. The molecule has 0 unspecified atom stereocenters. The first-order valence-corrected chi connectivity index (χ1v) is 4.88. The second-order valence-corrected chi connectivity index (χ2v) is 3.84. The van der Waals surface area contributed by atoms with Crippen LogP contribution in [0.15, 0.2) is 18.2 Å². The SMILES string of the molecule is Cc1cc(OC(=O)C(C)C)cc([N+](=O)[O-])c1. The van der Waals surface area contributed by atoms with Crippen LogP contribution in [0.25, 0.3) is 0 Å². The molecule has 0 fully saturated rings. The lowest BCUT2D eigenvalue weighted by molar-refractivity contribution is -0.385. The third-order valence-corrected chi connectivity index (χ3v) is 1.94. The van der Waals surface area contributed by atoms with E-state index < -0.39 is 10.9 Å². The molecule has 0 atom stereocenters. The van der Waals surface area contributed by atoms with Crippen LogP contribution in [0.4, 0.5) is 5.69 Å². The lowest BCUT2D eigenvalue weighted by Crippen LogP contribution is -2.14. The number of nitro groups is 1. The van der Waals surface area contributed by atoms with E-state index in [1.807, 2.05) is 0 Å². The van der Waals surface area contributed by atoms with Gasteiger partial charge in [0, 0.05) is 6.07 Å². The van der Waals surface area contributed by atoms with Gasteiger partial charge in [0.15, 0.2) is 0 Å². The Morgan fingerprint density at radius 3 is 2.50 bits per heavy atom. The van der Waals surface area contributed by atoms with Crippen molar-refractivity contribution < 1.29 is 14.5 Å². The summed E-state index contributed by atoms with van der Waals surface area (Å²) in [5.41, 5.74) is 0.604. The minimum atomic E-state index is -0.514. The molecule has 0 aliphatic rings. The summed E-state index contributed by atoms with van der Waals surface area (Å²) < 4.78 is 5.00. The lowest BCUT2D eigenvalue weighted by Gasteiger charge is -2.07. The summed E-state index contributed by atoms with van der Waals surface area (Å²) in [7, 11) is 0. The van der Waals surface area contributed by atoms with Crippen LogP contribution >= 0.6 is 0 Å². The van der Waals surface area contributed by atoms with Crippen LogP contribution in [0, 0.1) is 23.0 Å². The summed E-state index contributed by atoms with van der Waals surface area (Å²) in [6, 6.07) is 4.26. The molecule has 0 radical (unpaired) electrons. The minimum absolute atomic E-state index is 0.0773. The average molecular weight is 223 g/mol. The van der Waals surface area contributed by atoms with Gasteiger partial charge in [-0.1, -0.05) is 13.8 Å². The van der Waals surface area contributed by atoms with Crippen LogP contribution in [0.1, 0.15) is 19.4 Å². The van der Waals surface area contributed by atoms with E-state index in [0.29, 0.717) is 5.56 Å². The highest BCUT2D eigenvalue weighted by Crippen LogP contribution is 2.22. The van der Waals surface area contributed by atoms with Crippen LogP contribution < -0.4 is 4.74 Å². The van der Waals surface area contributed by atoms with Gasteiger partial charge in [0.25, 0.3) is 5.69 Å². The molecule has 0 aliphatic heterocycles. The van der Waals surface area contributed by atoms with Gasteiger partial charge in [-0.25, -0.2) is 0 Å². The summed E-state index contributed by atoms with van der Waals surface area (Å²) in [5.74, 6) is -0.454. The van der Waals surface area contributed by atoms with Crippen molar-refractivity contribution in [2.24, 2.45) is 5.92 Å². The lowest BCUT2D eigenvalue weighted by atomic mass is 10.2. The Labute approximate surface area is 93.2 Å². The second-order valence-electron chi connectivity index (χ2n) is 3.84. The fourth-order valence-corrected chi connectivity index (χ4v) is 1.13. The number of benzene rings is 1. The van der Waals surface area contributed by atoms with Gasteiger partial charge < -0.3 is 4.74 Å². The monoisotopic (exact) mass is 223 g/mol. The van der Waals surface area contributed by atoms with Crippen LogP contribution in [-0.2, 0) is 4.79 Å². The van der Waals surface area contributed by atoms with Crippen molar-refractivity contribution in [3.8, 4) is 5.75 Å². The fourth-order valence-electron chi connectivity index (χ4n) is 1.13. The van der Waals surface area contributed by atoms with Crippen molar-refractivity contribution in [2.75, 3.05) is 0 Å². The molecule has 0 aliphatic carbocycles. The largest absolute Gasteiger partial charge is 0.426 e. The van der Waals surface area contributed by atoms with Crippen molar-refractivity contribution >= 4 is 11.7 Å². The number of carbonyl (C=O) groups excluding carboxylic acids is 1. The van der Waals surface area contributed by atoms with Gasteiger partial charge in [-0.3, -0.25) is 14.9 Å². The molecule has 0 saturated heterocycles. The number of nitro benzene ring substituents is 1. The molecule has 1 aromatic carbocycles. The molecule has 0 aromatic heterocycles. The first kappa shape index (κ1) is 12.2. The molecule has 0 bridgehead atoms. The van der Waals surface area contributed by atoms with E-state index in [9.17, 15) is 14.9 Å². The minimum Gasteiger partial charge on any atom is -0.426 e. The highest BCUT2D eigenvalue weighted by molar-refractivity contribution is 5.74. The van der Waals surface area contributed by atoms with E-state index in [2.05, 4.69) is 0 Å². The Kier molecular flexibility index (Phi) is 3.60. The quantitative estimate of drug-likeness (QED) is 0.341. The molecule has 0 amide bonds. The number of non-ortho nitro benzene ring substituents is 1. The zero-order chi connectivity index (χ0) is 12.3. The zero-order valence-electron chi connectivity index (χ0n) is 9.39. The molecule has 86 valence electrons. The highest BCUT2D eigenvalue weighted by atomic mass is 16.6. The zero-order valence-corrected chi connectivity index (χ0v) is 9.39. The number of rotatable bonds is 3. The number of esters is 1. The maximum absolute atomic E-state index is 11.3. The van der Waals surface area contributed by atoms with Crippen molar-refractivity contribution in [3.05, 3.63) is 33.9 Å². The summed E-state index contributed by atoms with van der Waals surface area (Å²) >= 11 is 0. The van der Waals surface area contributed by atoms with Gasteiger partial charge >= 0.3 is 5.97 Å². The molecule has 1 rings (SSSR count). The van der Waals surface area contributed by atoms with Crippen LogP contribution in [0.3, 0.4) is 0 Å². The van der Waals surface area contributed by atoms with E-state index in [1.165, 1.54) is 12.1 Å². The fraction of sp³-hybridized carbons (Fsp3) is 0.364. The number of hydrogen-bond donors (Lipinski definition) is 0. The second kappa shape index (κ2) is 4.74. The molecule has 0 N–H and O–H groups in total. The topological polar surface area (TPSA) is 69.4 Å². The molecule has 5 heteroatoms. The van der Waals surface area contributed by atoms with Crippen LogP contribution in [0.5, 0.6) is 5.75 Å². The van der Waals surface area contributed by atoms with Gasteiger partial charge in [-0.05, 0) is 18.6 Å². The number of hydrogen-bond acceptors (Lipinski definition) is 4. The van der Waals surface area contributed by atoms with Crippen molar-refractivity contribution in [1.29, 1.82) is 0 Å². The van der Waals surface area contributed by atoms with E-state index in [0.717, 1.165) is 0 Å². The van der Waals surface area contributed by atoms with Gasteiger partial charge in [0.2, 0.25) is 0 Å². The van der Waals surface area contributed by atoms with E-state index >= 15 is 0 Å². The Balaban J connectivity index is 2.97. The maximum Gasteiger partial charge on any atom is 0.313 e. The van der Waals surface area contributed by atoms with Crippen molar-refractivity contribution in [2.45, 2.75) is 20.8 Å². The predicted octanol–water partition coefficient (Wildman–Crippen LogP) is 2.46. The van der Waals surface area contributed by atoms with Gasteiger partial charge in [0.1, 0.15) is 5.75 Å². The summed E-state index contributed by atoms with van der Waals surface area (Å²) in [4.78, 5) is 21.4. The summed E-state index contributed by atoms with van der Waals surface area (Å²) in [5, 5.41) is 10.6. The van der Waals surface area contributed by atoms with Crippen molar-refractivity contribution in [1.82, 2.24) is 0 Å². The standard InChI is InChI=1S/C11H13NO4/c1-7(2)11(13)16-10-5-8(3)4-9(6-10)12(14)15/h4-7H,1-3H3. The van der Waals surface area contributed by atoms with Gasteiger partial charge in [-0.15, -0.1) is 0 Å². The van der Waals surface area contributed by atoms with Gasteiger partial charge in [0.05, 0.1) is 16.9 Å². The molecule has 0 saturated carbocycles. The average Bonchev–Trinajstić information content (AvgIpc) is 2.16. The third kappa shape index (κ3) is 3.05. The number of ether oxygens (including phenoxy) is 1. The van der Waals surface area contributed by atoms with Crippen LogP contribution in [0.2, 0.25) is 0 Å². The molecule has 5 nitrogen and oxygen atoms in total. The Hall–Kier alpha value is -1.91. The molecular formula is C11H13NO4. The van der Waals surface area contributed by atoms with E-state index in [1.54, 1.807) is 26.8 Å². The van der Waals surface area contributed by atoms with Gasteiger partial charge in [-0.2, -0.15) is 0 Å². The molecule has 1 aromatic rings. The molecule has 0 heterocycles. The third-order valence-electron chi connectivity index (χ3n) is 1.94. The summed E-state index contributed by atoms with van der Waals surface area (Å²) in [6.45, 7) is 5.11. The first-order valence-electron chi connectivity index (χ1n) is 4.88. The Morgan fingerprint density at radius 1 is 1.38 bits per heavy atom.